The predicted octanol–water partition coefficient (Wildman–Crippen LogP) is 4.32. The molecule has 0 amide bonds. The Hall–Kier alpha value is -2.14. The predicted molar refractivity (Wildman–Crippen MR) is 90.3 cm³/mol. The molecule has 112 valence electrons. The van der Waals surface area contributed by atoms with Gasteiger partial charge in [-0.1, -0.05) is 0 Å². The highest BCUT2D eigenvalue weighted by atomic mass is 32.1. The van der Waals surface area contributed by atoms with E-state index >= 15 is 0 Å². The lowest BCUT2D eigenvalue weighted by Gasteiger charge is -2.09. The maximum atomic E-state index is 5.48. The van der Waals surface area contributed by atoms with Gasteiger partial charge in [-0.05, 0) is 56.0 Å². The fourth-order valence-electron chi connectivity index (χ4n) is 2.96. The summed E-state index contributed by atoms with van der Waals surface area (Å²) < 4.78 is 5.48. The molecule has 0 saturated carbocycles. The second kappa shape index (κ2) is 5.57. The Morgan fingerprint density at radius 1 is 1.18 bits per heavy atom. The van der Waals surface area contributed by atoms with Crippen LogP contribution in [0, 0.1) is 0 Å². The zero-order valence-corrected chi connectivity index (χ0v) is 13.2. The summed E-state index contributed by atoms with van der Waals surface area (Å²) in [6, 6.07) is 7.99. The number of rotatable bonds is 4. The minimum absolute atomic E-state index is 0.681. The van der Waals surface area contributed by atoms with Crippen molar-refractivity contribution in [3.63, 3.8) is 0 Å². The first kappa shape index (κ1) is 13.5. The Balaban J connectivity index is 1.69. The van der Waals surface area contributed by atoms with Crippen LogP contribution in [0.15, 0.2) is 30.6 Å². The molecule has 4 rings (SSSR count). The fraction of sp³-hybridized carbons (Fsp3) is 0.294. The van der Waals surface area contributed by atoms with Gasteiger partial charge in [0.2, 0.25) is 0 Å². The van der Waals surface area contributed by atoms with E-state index in [4.69, 9.17) is 4.74 Å². The van der Waals surface area contributed by atoms with E-state index in [1.165, 1.54) is 28.7 Å². The molecule has 3 aromatic rings. The van der Waals surface area contributed by atoms with E-state index in [1.54, 1.807) is 6.33 Å². The van der Waals surface area contributed by atoms with E-state index in [1.807, 2.05) is 42.5 Å². The van der Waals surface area contributed by atoms with Gasteiger partial charge in [0.05, 0.1) is 12.0 Å². The highest BCUT2D eigenvalue weighted by Gasteiger charge is 2.21. The lowest BCUT2D eigenvalue weighted by Crippen LogP contribution is -1.96. The molecule has 2 aromatic heterocycles. The molecule has 0 saturated heterocycles. The summed E-state index contributed by atoms with van der Waals surface area (Å²) in [5, 5.41) is 4.63. The van der Waals surface area contributed by atoms with Crippen LogP contribution in [0.3, 0.4) is 0 Å². The SMILES string of the molecule is CCOc1ccc(Nc2ncnc3sc4c(c23)CCC4)cc1. The number of fused-ring (bicyclic) bond motifs is 3. The first-order valence-corrected chi connectivity index (χ1v) is 8.42. The van der Waals surface area contributed by atoms with Crippen molar-refractivity contribution >= 4 is 33.1 Å². The molecular weight excluding hydrogens is 294 g/mol. The van der Waals surface area contributed by atoms with Gasteiger partial charge in [-0.2, -0.15) is 0 Å². The van der Waals surface area contributed by atoms with Crippen molar-refractivity contribution in [2.45, 2.75) is 26.2 Å². The number of ether oxygens (including phenoxy) is 1. The zero-order valence-electron chi connectivity index (χ0n) is 12.4. The van der Waals surface area contributed by atoms with Gasteiger partial charge in [-0.15, -0.1) is 11.3 Å². The molecule has 0 unspecified atom stereocenters. The Kier molecular flexibility index (Phi) is 3.42. The molecule has 0 radical (unpaired) electrons. The summed E-state index contributed by atoms with van der Waals surface area (Å²) in [5.41, 5.74) is 2.45. The standard InChI is InChI=1S/C17H17N3OS/c1-2-21-12-8-6-11(7-9-12)20-16-15-13-4-3-5-14(13)22-17(15)19-10-18-16/h6-10H,2-5H2,1H3,(H,18,19,20). The summed E-state index contributed by atoms with van der Waals surface area (Å²) >= 11 is 1.81. The van der Waals surface area contributed by atoms with Crippen LogP contribution in [0.5, 0.6) is 5.75 Å². The maximum Gasteiger partial charge on any atom is 0.142 e. The fourth-order valence-corrected chi connectivity index (χ4v) is 4.19. The number of thiophene rings is 1. The molecule has 5 heteroatoms. The topological polar surface area (TPSA) is 47.0 Å². The Bertz CT molecular complexity index is 811. The monoisotopic (exact) mass is 311 g/mol. The van der Waals surface area contributed by atoms with Crippen LogP contribution < -0.4 is 10.1 Å². The molecule has 1 aliphatic carbocycles. The van der Waals surface area contributed by atoms with Gasteiger partial charge in [0.25, 0.3) is 0 Å². The van der Waals surface area contributed by atoms with Crippen molar-refractivity contribution in [2.24, 2.45) is 0 Å². The minimum atomic E-state index is 0.681. The summed E-state index contributed by atoms with van der Waals surface area (Å²) in [6.45, 7) is 2.67. The van der Waals surface area contributed by atoms with Crippen molar-refractivity contribution in [2.75, 3.05) is 11.9 Å². The first-order chi connectivity index (χ1) is 10.8. The molecule has 0 fully saturated rings. The third kappa shape index (κ3) is 2.31. The zero-order chi connectivity index (χ0) is 14.9. The van der Waals surface area contributed by atoms with Crippen LogP contribution in [0.25, 0.3) is 10.2 Å². The average molecular weight is 311 g/mol. The molecular formula is C17H17N3OS. The number of anilines is 2. The largest absolute Gasteiger partial charge is 0.494 e. The highest BCUT2D eigenvalue weighted by molar-refractivity contribution is 7.19. The summed E-state index contributed by atoms with van der Waals surface area (Å²) in [5.74, 6) is 1.80. The highest BCUT2D eigenvalue weighted by Crippen LogP contribution is 2.39. The van der Waals surface area contributed by atoms with Crippen molar-refractivity contribution in [3.8, 4) is 5.75 Å². The third-order valence-corrected chi connectivity index (χ3v) is 5.13. The van der Waals surface area contributed by atoms with Crippen LogP contribution >= 0.6 is 11.3 Å². The van der Waals surface area contributed by atoms with Crippen molar-refractivity contribution in [3.05, 3.63) is 41.0 Å². The molecule has 0 atom stereocenters. The number of aryl methyl sites for hydroxylation is 2. The van der Waals surface area contributed by atoms with Crippen LogP contribution in [-0.2, 0) is 12.8 Å². The third-order valence-electron chi connectivity index (χ3n) is 3.93. The normalized spacial score (nSPS) is 13.3. The van der Waals surface area contributed by atoms with Gasteiger partial charge in [-0.25, -0.2) is 9.97 Å². The maximum absolute atomic E-state index is 5.48. The molecule has 0 spiro atoms. The second-order valence-corrected chi connectivity index (χ2v) is 6.43. The molecule has 1 aliphatic rings. The van der Waals surface area contributed by atoms with Crippen LogP contribution in [0.4, 0.5) is 11.5 Å². The van der Waals surface area contributed by atoms with Gasteiger partial charge in [-0.3, -0.25) is 0 Å². The number of nitrogens with zero attached hydrogens (tertiary/aromatic N) is 2. The molecule has 1 aromatic carbocycles. The number of aromatic nitrogens is 2. The van der Waals surface area contributed by atoms with Gasteiger partial charge >= 0.3 is 0 Å². The van der Waals surface area contributed by atoms with Crippen LogP contribution in [0.2, 0.25) is 0 Å². The van der Waals surface area contributed by atoms with E-state index in [0.29, 0.717) is 6.61 Å². The quantitative estimate of drug-likeness (QED) is 0.779. The number of hydrogen-bond acceptors (Lipinski definition) is 5. The van der Waals surface area contributed by atoms with Gasteiger partial charge in [0.1, 0.15) is 22.7 Å². The molecule has 0 bridgehead atoms. The van der Waals surface area contributed by atoms with Crippen LogP contribution in [-0.4, -0.2) is 16.6 Å². The molecule has 4 nitrogen and oxygen atoms in total. The molecule has 0 aliphatic heterocycles. The van der Waals surface area contributed by atoms with Crippen molar-refractivity contribution < 1.29 is 4.74 Å². The summed E-state index contributed by atoms with van der Waals surface area (Å²) in [6.07, 6.45) is 5.21. The lowest BCUT2D eigenvalue weighted by atomic mass is 10.2. The Labute approximate surface area is 133 Å². The van der Waals surface area contributed by atoms with Crippen molar-refractivity contribution in [1.29, 1.82) is 0 Å². The molecule has 2 heterocycles. The van der Waals surface area contributed by atoms with Gasteiger partial charge in [0, 0.05) is 10.6 Å². The van der Waals surface area contributed by atoms with Gasteiger partial charge < -0.3 is 10.1 Å². The smallest absolute Gasteiger partial charge is 0.142 e. The number of benzene rings is 1. The van der Waals surface area contributed by atoms with E-state index in [9.17, 15) is 0 Å². The van der Waals surface area contributed by atoms with E-state index in [-0.39, 0.29) is 0 Å². The number of hydrogen-bond donors (Lipinski definition) is 1. The lowest BCUT2D eigenvalue weighted by molar-refractivity contribution is 0.340. The van der Waals surface area contributed by atoms with E-state index < -0.39 is 0 Å². The molecule has 1 N–H and O–H groups in total. The number of nitrogens with one attached hydrogen (secondary N) is 1. The second-order valence-electron chi connectivity index (χ2n) is 5.34. The van der Waals surface area contributed by atoms with Crippen LogP contribution in [0.1, 0.15) is 23.8 Å². The summed E-state index contributed by atoms with van der Waals surface area (Å²) in [7, 11) is 0. The first-order valence-electron chi connectivity index (χ1n) is 7.60. The van der Waals surface area contributed by atoms with E-state index in [2.05, 4.69) is 15.3 Å². The average Bonchev–Trinajstić information content (AvgIpc) is 3.10. The Morgan fingerprint density at radius 3 is 2.86 bits per heavy atom. The molecule has 22 heavy (non-hydrogen) atoms. The minimum Gasteiger partial charge on any atom is -0.494 e. The van der Waals surface area contributed by atoms with E-state index in [0.717, 1.165) is 28.5 Å². The Morgan fingerprint density at radius 2 is 2.05 bits per heavy atom. The summed E-state index contributed by atoms with van der Waals surface area (Å²) in [4.78, 5) is 11.5. The van der Waals surface area contributed by atoms with Gasteiger partial charge in [0.15, 0.2) is 0 Å². The van der Waals surface area contributed by atoms with Crippen molar-refractivity contribution in [1.82, 2.24) is 9.97 Å².